The van der Waals surface area contributed by atoms with Gasteiger partial charge in [0.15, 0.2) is 0 Å². The molecule has 18 heavy (non-hydrogen) atoms. The quantitative estimate of drug-likeness (QED) is 0.851. The number of nitrogens with one attached hydrogen (secondary N) is 1. The number of hydrogen-bond acceptors (Lipinski definition) is 4. The standard InChI is InChI=1S/C13H14N4O/c1-9-4-5-15-6-11(9)8-17-12-3-2-10(7-16-12)13(14)18/h2-7H,8H2,1H3,(H2,14,18)(H,16,17). The zero-order chi connectivity index (χ0) is 13.0. The molecule has 2 rings (SSSR count). The van der Waals surface area contributed by atoms with Crippen molar-refractivity contribution in [3.8, 4) is 0 Å². The van der Waals surface area contributed by atoms with Crippen LogP contribution in [-0.2, 0) is 6.54 Å². The molecule has 0 unspecified atom stereocenters. The summed E-state index contributed by atoms with van der Waals surface area (Å²) in [6, 6.07) is 5.33. The predicted molar refractivity (Wildman–Crippen MR) is 69.1 cm³/mol. The molecule has 0 aliphatic carbocycles. The van der Waals surface area contributed by atoms with E-state index in [9.17, 15) is 4.79 Å². The van der Waals surface area contributed by atoms with Crippen molar-refractivity contribution in [2.75, 3.05) is 5.32 Å². The summed E-state index contributed by atoms with van der Waals surface area (Å²) in [6.45, 7) is 2.67. The number of aromatic nitrogens is 2. The number of aryl methyl sites for hydroxylation is 1. The van der Waals surface area contributed by atoms with Gasteiger partial charge in [0.2, 0.25) is 5.91 Å². The highest BCUT2D eigenvalue weighted by Gasteiger charge is 2.02. The van der Waals surface area contributed by atoms with E-state index in [4.69, 9.17) is 5.73 Å². The molecule has 2 aromatic heterocycles. The minimum Gasteiger partial charge on any atom is -0.366 e. The average Bonchev–Trinajstić information content (AvgIpc) is 2.38. The third-order valence-corrected chi connectivity index (χ3v) is 2.66. The summed E-state index contributed by atoms with van der Waals surface area (Å²) in [7, 11) is 0. The lowest BCUT2D eigenvalue weighted by Crippen LogP contribution is -2.11. The van der Waals surface area contributed by atoms with Gasteiger partial charge in [0.25, 0.3) is 0 Å². The molecule has 0 saturated heterocycles. The number of rotatable bonds is 4. The van der Waals surface area contributed by atoms with Crippen molar-refractivity contribution in [1.29, 1.82) is 0 Å². The second kappa shape index (κ2) is 5.27. The van der Waals surface area contributed by atoms with Gasteiger partial charge in [-0.3, -0.25) is 9.78 Å². The molecule has 1 amide bonds. The van der Waals surface area contributed by atoms with Gasteiger partial charge in [0.05, 0.1) is 5.56 Å². The van der Waals surface area contributed by atoms with Crippen LogP contribution in [0.3, 0.4) is 0 Å². The number of pyridine rings is 2. The summed E-state index contributed by atoms with van der Waals surface area (Å²) in [5, 5.41) is 3.16. The van der Waals surface area contributed by atoms with E-state index < -0.39 is 5.91 Å². The van der Waals surface area contributed by atoms with Crippen LogP contribution in [0.1, 0.15) is 21.5 Å². The van der Waals surface area contributed by atoms with Crippen molar-refractivity contribution in [1.82, 2.24) is 9.97 Å². The number of carbonyl (C=O) groups is 1. The van der Waals surface area contributed by atoms with Crippen LogP contribution in [-0.4, -0.2) is 15.9 Å². The molecule has 0 radical (unpaired) electrons. The number of amides is 1. The summed E-state index contributed by atoms with van der Waals surface area (Å²) >= 11 is 0. The molecule has 0 bridgehead atoms. The van der Waals surface area contributed by atoms with Gasteiger partial charge in [0, 0.05) is 25.1 Å². The van der Waals surface area contributed by atoms with E-state index in [2.05, 4.69) is 15.3 Å². The number of primary amides is 1. The first-order valence-corrected chi connectivity index (χ1v) is 5.56. The molecule has 0 atom stereocenters. The van der Waals surface area contributed by atoms with E-state index >= 15 is 0 Å². The predicted octanol–water partition coefficient (Wildman–Crippen LogP) is 1.50. The summed E-state index contributed by atoms with van der Waals surface area (Å²) in [5.41, 5.74) is 7.82. The van der Waals surface area contributed by atoms with Crippen LogP contribution >= 0.6 is 0 Å². The van der Waals surface area contributed by atoms with Crippen LogP contribution in [0.2, 0.25) is 0 Å². The van der Waals surface area contributed by atoms with Crippen LogP contribution < -0.4 is 11.1 Å². The van der Waals surface area contributed by atoms with E-state index in [1.807, 2.05) is 19.2 Å². The first-order valence-electron chi connectivity index (χ1n) is 5.56. The van der Waals surface area contributed by atoms with E-state index in [0.717, 1.165) is 5.56 Å². The fourth-order valence-corrected chi connectivity index (χ4v) is 1.51. The Bertz CT molecular complexity index is 551. The van der Waals surface area contributed by atoms with Crippen molar-refractivity contribution in [2.24, 2.45) is 5.73 Å². The first-order chi connectivity index (χ1) is 8.66. The highest BCUT2D eigenvalue weighted by Crippen LogP contribution is 2.09. The summed E-state index contributed by atoms with van der Waals surface area (Å²) < 4.78 is 0. The SMILES string of the molecule is Cc1ccncc1CNc1ccc(C(N)=O)cn1. The van der Waals surface area contributed by atoms with E-state index in [0.29, 0.717) is 17.9 Å². The summed E-state index contributed by atoms with van der Waals surface area (Å²) in [4.78, 5) is 19.1. The second-order valence-corrected chi connectivity index (χ2v) is 3.95. The van der Waals surface area contributed by atoms with Crippen molar-refractivity contribution in [3.63, 3.8) is 0 Å². The molecular weight excluding hydrogens is 228 g/mol. The second-order valence-electron chi connectivity index (χ2n) is 3.95. The monoisotopic (exact) mass is 242 g/mol. The summed E-state index contributed by atoms with van der Waals surface area (Å²) in [5.74, 6) is 0.223. The lowest BCUT2D eigenvalue weighted by Gasteiger charge is -2.07. The Kier molecular flexibility index (Phi) is 3.52. The largest absolute Gasteiger partial charge is 0.366 e. The van der Waals surface area contributed by atoms with Crippen LogP contribution in [0, 0.1) is 6.92 Å². The van der Waals surface area contributed by atoms with Crippen molar-refractivity contribution in [2.45, 2.75) is 13.5 Å². The summed E-state index contributed by atoms with van der Waals surface area (Å²) in [6.07, 6.45) is 5.04. The van der Waals surface area contributed by atoms with Crippen molar-refractivity contribution >= 4 is 11.7 Å². The van der Waals surface area contributed by atoms with Crippen molar-refractivity contribution < 1.29 is 4.79 Å². The molecule has 5 nitrogen and oxygen atoms in total. The molecule has 2 aromatic rings. The minimum atomic E-state index is -0.475. The van der Waals surface area contributed by atoms with Gasteiger partial charge in [0.1, 0.15) is 5.82 Å². The maximum absolute atomic E-state index is 10.9. The van der Waals surface area contributed by atoms with Crippen LogP contribution in [0.25, 0.3) is 0 Å². The van der Waals surface area contributed by atoms with Crippen LogP contribution in [0.4, 0.5) is 5.82 Å². The molecule has 5 heteroatoms. The third kappa shape index (κ3) is 2.82. The molecule has 0 saturated carbocycles. The van der Waals surface area contributed by atoms with E-state index in [-0.39, 0.29) is 0 Å². The van der Waals surface area contributed by atoms with Crippen LogP contribution in [0.5, 0.6) is 0 Å². The lowest BCUT2D eigenvalue weighted by molar-refractivity contribution is 0.1000. The third-order valence-electron chi connectivity index (χ3n) is 2.66. The molecule has 3 N–H and O–H groups in total. The molecule has 0 aliphatic rings. The molecule has 0 spiro atoms. The van der Waals surface area contributed by atoms with Gasteiger partial charge >= 0.3 is 0 Å². The number of nitrogens with zero attached hydrogens (tertiary/aromatic N) is 2. The van der Waals surface area contributed by atoms with Gasteiger partial charge < -0.3 is 11.1 Å². The topological polar surface area (TPSA) is 80.9 Å². The van der Waals surface area contributed by atoms with E-state index in [1.54, 1.807) is 18.3 Å². The van der Waals surface area contributed by atoms with Gasteiger partial charge in [-0.05, 0) is 36.2 Å². The molecule has 2 heterocycles. The number of hydrogen-bond donors (Lipinski definition) is 2. The lowest BCUT2D eigenvalue weighted by atomic mass is 10.1. The van der Waals surface area contributed by atoms with Crippen molar-refractivity contribution in [3.05, 3.63) is 53.5 Å². The Balaban J connectivity index is 2.02. The fraction of sp³-hybridized carbons (Fsp3) is 0.154. The average molecular weight is 242 g/mol. The molecule has 0 aliphatic heterocycles. The molecule has 0 aromatic carbocycles. The Morgan fingerprint density at radius 2 is 2.17 bits per heavy atom. The zero-order valence-corrected chi connectivity index (χ0v) is 10.1. The highest BCUT2D eigenvalue weighted by molar-refractivity contribution is 5.92. The number of anilines is 1. The fourth-order valence-electron chi connectivity index (χ4n) is 1.51. The van der Waals surface area contributed by atoms with Crippen LogP contribution in [0.15, 0.2) is 36.8 Å². The highest BCUT2D eigenvalue weighted by atomic mass is 16.1. The maximum atomic E-state index is 10.9. The number of carbonyl (C=O) groups excluding carboxylic acids is 1. The Labute approximate surface area is 105 Å². The minimum absolute atomic E-state index is 0.401. The molecular formula is C13H14N4O. The number of nitrogens with two attached hydrogens (primary N) is 1. The Morgan fingerprint density at radius 1 is 1.33 bits per heavy atom. The molecule has 0 fully saturated rings. The smallest absolute Gasteiger partial charge is 0.250 e. The van der Waals surface area contributed by atoms with E-state index in [1.165, 1.54) is 11.8 Å². The zero-order valence-electron chi connectivity index (χ0n) is 10.1. The molecule has 92 valence electrons. The maximum Gasteiger partial charge on any atom is 0.250 e. The Hall–Kier alpha value is -2.43. The van der Waals surface area contributed by atoms with Gasteiger partial charge in [-0.1, -0.05) is 0 Å². The Morgan fingerprint density at radius 3 is 2.78 bits per heavy atom. The van der Waals surface area contributed by atoms with Gasteiger partial charge in [-0.2, -0.15) is 0 Å². The van der Waals surface area contributed by atoms with Gasteiger partial charge in [-0.25, -0.2) is 4.98 Å². The first kappa shape index (κ1) is 12.0. The normalized spacial score (nSPS) is 10.1. The van der Waals surface area contributed by atoms with Gasteiger partial charge in [-0.15, -0.1) is 0 Å².